The molecule has 3 aromatic rings. The van der Waals surface area contributed by atoms with Gasteiger partial charge in [0.05, 0.1) is 33.6 Å². The zero-order valence-electron chi connectivity index (χ0n) is 16.8. The van der Waals surface area contributed by atoms with E-state index in [1.54, 1.807) is 24.3 Å². The Kier molecular flexibility index (Phi) is 9.30. The molecule has 0 aliphatic rings. The van der Waals surface area contributed by atoms with Gasteiger partial charge in [-0.1, -0.05) is 11.6 Å². The van der Waals surface area contributed by atoms with Gasteiger partial charge in [-0.05, 0) is 73.7 Å². The summed E-state index contributed by atoms with van der Waals surface area (Å²) in [4.78, 5) is -0.314. The molecule has 0 fully saturated rings. The third-order valence-corrected chi connectivity index (χ3v) is 4.94. The van der Waals surface area contributed by atoms with E-state index in [9.17, 15) is 8.42 Å². The summed E-state index contributed by atoms with van der Waals surface area (Å²) in [7, 11) is -4.36. The van der Waals surface area contributed by atoms with Crippen molar-refractivity contribution in [1.29, 1.82) is 0 Å². The number of rotatable bonds is 7. The van der Waals surface area contributed by atoms with Gasteiger partial charge in [0.1, 0.15) is 11.4 Å². The fourth-order valence-corrected chi connectivity index (χ4v) is 2.97. The van der Waals surface area contributed by atoms with E-state index >= 15 is 0 Å². The predicted molar refractivity (Wildman–Crippen MR) is 119 cm³/mol. The van der Waals surface area contributed by atoms with Crippen LogP contribution in [0.25, 0.3) is 0 Å². The van der Waals surface area contributed by atoms with Crippen molar-refractivity contribution >= 4 is 74.0 Å². The van der Waals surface area contributed by atoms with Crippen molar-refractivity contribution in [3.8, 4) is 5.75 Å². The molecule has 0 heterocycles. The minimum Gasteiger partial charge on any atom is -0.494 e. The van der Waals surface area contributed by atoms with Gasteiger partial charge in [-0.15, -0.1) is 5.11 Å². The summed E-state index contributed by atoms with van der Waals surface area (Å²) in [6, 6.07) is 17.7. The second kappa shape index (κ2) is 11.5. The zero-order chi connectivity index (χ0) is 21.6. The minimum absolute atomic E-state index is 0. The van der Waals surface area contributed by atoms with E-state index in [0.717, 1.165) is 11.8 Å². The largest absolute Gasteiger partial charge is 0.494 e. The average molecular weight is 468 g/mol. The van der Waals surface area contributed by atoms with Gasteiger partial charge < -0.3 is 4.74 Å². The molecule has 0 saturated heterocycles. The smallest absolute Gasteiger partial charge is 0.294 e. The standard InChI is InChI=1S/C20H17ClN4O4S.Na/c1-2-29-17-9-7-16(8-10-17)23-22-14-3-5-15(6-4-14)24-25-20-13-18(30(26,27)28)11-12-19(20)21;/h3-13H,2H2,1H3,(H,26,27,28);. The average Bonchev–Trinajstić information content (AvgIpc) is 2.73. The van der Waals surface area contributed by atoms with Crippen LogP contribution in [0, 0.1) is 0 Å². The molecule has 3 aromatic carbocycles. The number of ether oxygens (including phenoxy) is 1. The topological polar surface area (TPSA) is 113 Å². The Morgan fingerprint density at radius 2 is 1.32 bits per heavy atom. The molecule has 1 radical (unpaired) electrons. The van der Waals surface area contributed by atoms with E-state index in [1.165, 1.54) is 12.1 Å². The molecule has 0 aliphatic carbocycles. The number of halogens is 1. The van der Waals surface area contributed by atoms with Gasteiger partial charge in [0.25, 0.3) is 10.1 Å². The number of benzene rings is 3. The van der Waals surface area contributed by atoms with Gasteiger partial charge in [-0.3, -0.25) is 4.55 Å². The Balaban J connectivity index is 0.00000341. The summed E-state index contributed by atoms with van der Waals surface area (Å²) < 4.78 is 37.0. The van der Waals surface area contributed by atoms with Crippen molar-refractivity contribution in [2.45, 2.75) is 11.8 Å². The molecule has 0 bridgehead atoms. The van der Waals surface area contributed by atoms with Crippen LogP contribution in [0.2, 0.25) is 5.02 Å². The number of azo groups is 2. The summed E-state index contributed by atoms with van der Waals surface area (Å²) in [6.45, 7) is 2.52. The zero-order valence-corrected chi connectivity index (χ0v) is 20.4. The molecular formula is C20H17ClN4NaO4S. The van der Waals surface area contributed by atoms with Crippen LogP contribution in [-0.2, 0) is 10.1 Å². The van der Waals surface area contributed by atoms with E-state index in [1.807, 2.05) is 31.2 Å². The van der Waals surface area contributed by atoms with Crippen molar-refractivity contribution in [3.05, 3.63) is 71.8 Å². The molecule has 155 valence electrons. The molecule has 0 saturated carbocycles. The van der Waals surface area contributed by atoms with Crippen LogP contribution in [-0.4, -0.2) is 49.1 Å². The SMILES string of the molecule is CCOc1ccc(N=Nc2ccc(N=Nc3cc(S(=O)(=O)O)ccc3Cl)cc2)cc1.[Na]. The molecule has 0 atom stereocenters. The fourth-order valence-electron chi connectivity index (χ4n) is 2.32. The van der Waals surface area contributed by atoms with E-state index in [-0.39, 0.29) is 45.2 Å². The first-order valence-corrected chi connectivity index (χ1v) is 10.6. The molecule has 31 heavy (non-hydrogen) atoms. The molecule has 0 aliphatic heterocycles. The maximum absolute atomic E-state index is 11.2. The Morgan fingerprint density at radius 1 is 0.839 bits per heavy atom. The first-order valence-electron chi connectivity index (χ1n) is 8.78. The van der Waals surface area contributed by atoms with Gasteiger partial charge in [-0.2, -0.15) is 23.8 Å². The van der Waals surface area contributed by atoms with Crippen molar-refractivity contribution < 1.29 is 17.7 Å². The number of nitrogens with zero attached hydrogens (tertiary/aromatic N) is 4. The van der Waals surface area contributed by atoms with E-state index < -0.39 is 10.1 Å². The molecule has 8 nitrogen and oxygen atoms in total. The van der Waals surface area contributed by atoms with Gasteiger partial charge in [-0.25, -0.2) is 0 Å². The fraction of sp³-hybridized carbons (Fsp3) is 0.100. The summed E-state index contributed by atoms with van der Waals surface area (Å²) in [5.74, 6) is 0.772. The van der Waals surface area contributed by atoms with E-state index in [0.29, 0.717) is 23.7 Å². The Hall–Kier alpha value is -2.14. The molecule has 1 N–H and O–H groups in total. The molecular weight excluding hydrogens is 451 g/mol. The Morgan fingerprint density at radius 3 is 1.81 bits per heavy atom. The van der Waals surface area contributed by atoms with Crippen molar-refractivity contribution in [2.24, 2.45) is 20.5 Å². The maximum Gasteiger partial charge on any atom is 0.294 e. The summed E-state index contributed by atoms with van der Waals surface area (Å²) >= 11 is 6.00. The summed E-state index contributed by atoms with van der Waals surface area (Å²) in [5.41, 5.74) is 1.93. The van der Waals surface area contributed by atoms with Crippen molar-refractivity contribution in [3.63, 3.8) is 0 Å². The van der Waals surface area contributed by atoms with Crippen LogP contribution in [0.5, 0.6) is 5.75 Å². The monoisotopic (exact) mass is 467 g/mol. The Labute approximate surface area is 207 Å². The molecule has 0 unspecified atom stereocenters. The van der Waals surface area contributed by atoms with Gasteiger partial charge in [0.2, 0.25) is 0 Å². The van der Waals surface area contributed by atoms with Crippen LogP contribution in [0.1, 0.15) is 6.92 Å². The molecule has 0 amide bonds. The minimum atomic E-state index is -4.36. The van der Waals surface area contributed by atoms with Crippen LogP contribution in [0.15, 0.2) is 92.1 Å². The number of hydrogen-bond acceptors (Lipinski definition) is 7. The molecule has 0 aromatic heterocycles. The molecule has 0 spiro atoms. The van der Waals surface area contributed by atoms with Gasteiger partial charge in [0.15, 0.2) is 0 Å². The van der Waals surface area contributed by atoms with Crippen molar-refractivity contribution in [2.75, 3.05) is 6.61 Å². The third-order valence-electron chi connectivity index (χ3n) is 3.77. The first-order chi connectivity index (χ1) is 14.3. The van der Waals surface area contributed by atoms with Gasteiger partial charge >= 0.3 is 0 Å². The molecule has 3 rings (SSSR count). The van der Waals surface area contributed by atoms with Crippen LogP contribution in [0.4, 0.5) is 22.7 Å². The first kappa shape index (κ1) is 25.1. The Bertz CT molecular complexity index is 1180. The predicted octanol–water partition coefficient (Wildman–Crippen LogP) is 6.44. The third kappa shape index (κ3) is 7.49. The van der Waals surface area contributed by atoms with Gasteiger partial charge in [0, 0.05) is 29.6 Å². The second-order valence-electron chi connectivity index (χ2n) is 5.93. The van der Waals surface area contributed by atoms with Crippen LogP contribution < -0.4 is 4.74 Å². The van der Waals surface area contributed by atoms with E-state index in [2.05, 4.69) is 20.5 Å². The normalized spacial score (nSPS) is 11.6. The number of hydrogen-bond donors (Lipinski definition) is 1. The van der Waals surface area contributed by atoms with Crippen LogP contribution >= 0.6 is 11.6 Å². The summed E-state index contributed by atoms with van der Waals surface area (Å²) in [6.07, 6.45) is 0. The summed E-state index contributed by atoms with van der Waals surface area (Å²) in [5, 5.41) is 16.5. The van der Waals surface area contributed by atoms with Crippen LogP contribution in [0.3, 0.4) is 0 Å². The van der Waals surface area contributed by atoms with E-state index in [4.69, 9.17) is 20.9 Å². The molecule has 11 heteroatoms. The van der Waals surface area contributed by atoms with Crippen molar-refractivity contribution in [1.82, 2.24) is 0 Å². The maximum atomic E-state index is 11.2. The second-order valence-corrected chi connectivity index (χ2v) is 7.76. The quantitative estimate of drug-likeness (QED) is 0.245.